The van der Waals surface area contributed by atoms with Crippen molar-refractivity contribution in [2.24, 2.45) is 0 Å². The molecule has 0 radical (unpaired) electrons. The lowest BCUT2D eigenvalue weighted by atomic mass is 10.0. The molecule has 6 heteroatoms. The standard InChI is InChI=1S/C23H20N2O4/c1-28-21-11-10-15(12-19(21)16-6-5-7-17(13-16)24-29-2)14-25-20-9-4-3-8-18(20)22(26)23(25)27/h3-13,24H,14H2,1-2H3. The number of rotatable bonds is 6. The van der Waals surface area contributed by atoms with Gasteiger partial charge in [-0.1, -0.05) is 30.3 Å². The van der Waals surface area contributed by atoms with Gasteiger partial charge < -0.3 is 9.64 Å². The molecule has 0 atom stereocenters. The number of benzene rings is 3. The van der Waals surface area contributed by atoms with E-state index < -0.39 is 11.7 Å². The number of anilines is 2. The molecule has 29 heavy (non-hydrogen) atoms. The molecule has 1 amide bonds. The average molecular weight is 388 g/mol. The van der Waals surface area contributed by atoms with Crippen LogP contribution < -0.4 is 15.1 Å². The van der Waals surface area contributed by atoms with Crippen LogP contribution in [0.1, 0.15) is 15.9 Å². The van der Waals surface area contributed by atoms with Gasteiger partial charge in [0.05, 0.1) is 37.7 Å². The molecule has 1 heterocycles. The van der Waals surface area contributed by atoms with Crippen molar-refractivity contribution in [3.05, 3.63) is 77.9 Å². The number of carbonyl (C=O) groups excluding carboxylic acids is 2. The number of nitrogens with zero attached hydrogens (tertiary/aromatic N) is 1. The van der Waals surface area contributed by atoms with Gasteiger partial charge in [-0.05, 0) is 47.5 Å². The first kappa shape index (κ1) is 18.7. The highest BCUT2D eigenvalue weighted by atomic mass is 16.6. The Balaban J connectivity index is 1.70. The summed E-state index contributed by atoms with van der Waals surface area (Å²) in [6.45, 7) is 0.300. The van der Waals surface area contributed by atoms with Crippen molar-refractivity contribution < 1.29 is 19.2 Å². The molecular weight excluding hydrogens is 368 g/mol. The number of hydrogen-bond donors (Lipinski definition) is 1. The number of hydrogen-bond acceptors (Lipinski definition) is 5. The zero-order chi connectivity index (χ0) is 20.4. The van der Waals surface area contributed by atoms with E-state index in [0.717, 1.165) is 22.4 Å². The van der Waals surface area contributed by atoms with Crippen molar-refractivity contribution in [1.82, 2.24) is 0 Å². The van der Waals surface area contributed by atoms with Crippen LogP contribution in [-0.4, -0.2) is 25.9 Å². The Kier molecular flexibility index (Phi) is 5.01. The fourth-order valence-electron chi connectivity index (χ4n) is 3.53. The maximum absolute atomic E-state index is 12.5. The van der Waals surface area contributed by atoms with Gasteiger partial charge in [0.2, 0.25) is 0 Å². The second-order valence-corrected chi connectivity index (χ2v) is 6.66. The lowest BCUT2D eigenvalue weighted by Crippen LogP contribution is -2.29. The maximum Gasteiger partial charge on any atom is 0.299 e. The molecule has 0 aliphatic carbocycles. The molecule has 0 bridgehead atoms. The molecule has 1 aliphatic heterocycles. The molecule has 0 aromatic heterocycles. The van der Waals surface area contributed by atoms with Crippen LogP contribution in [0.4, 0.5) is 11.4 Å². The van der Waals surface area contributed by atoms with Crippen molar-refractivity contribution in [3.8, 4) is 16.9 Å². The second-order valence-electron chi connectivity index (χ2n) is 6.66. The highest BCUT2D eigenvalue weighted by molar-refractivity contribution is 6.52. The van der Waals surface area contributed by atoms with Crippen LogP contribution >= 0.6 is 0 Å². The molecule has 1 N–H and O–H groups in total. The Morgan fingerprint density at radius 2 is 1.72 bits per heavy atom. The Bertz CT molecular complexity index is 1090. The molecule has 0 saturated heterocycles. The van der Waals surface area contributed by atoms with Gasteiger partial charge in [-0.15, -0.1) is 0 Å². The molecule has 0 saturated carbocycles. The summed E-state index contributed by atoms with van der Waals surface area (Å²) in [5.74, 6) is -0.255. The van der Waals surface area contributed by atoms with Gasteiger partial charge in [0.25, 0.3) is 11.7 Å². The number of ether oxygens (including phenoxy) is 1. The summed E-state index contributed by atoms with van der Waals surface area (Å²) >= 11 is 0. The van der Waals surface area contributed by atoms with E-state index in [1.807, 2.05) is 48.5 Å². The second kappa shape index (κ2) is 7.77. The monoisotopic (exact) mass is 388 g/mol. The Morgan fingerprint density at radius 1 is 0.897 bits per heavy atom. The normalized spacial score (nSPS) is 12.8. The predicted molar refractivity (Wildman–Crippen MR) is 111 cm³/mol. The lowest BCUT2D eigenvalue weighted by molar-refractivity contribution is -0.114. The van der Waals surface area contributed by atoms with Crippen molar-refractivity contribution in [2.75, 3.05) is 24.6 Å². The van der Waals surface area contributed by atoms with E-state index in [4.69, 9.17) is 9.57 Å². The van der Waals surface area contributed by atoms with Crippen LogP contribution in [0, 0.1) is 0 Å². The van der Waals surface area contributed by atoms with Gasteiger partial charge in [0.15, 0.2) is 0 Å². The third-order valence-corrected chi connectivity index (χ3v) is 4.88. The Labute approximate surface area is 168 Å². The minimum absolute atomic E-state index is 0.300. The topological polar surface area (TPSA) is 67.9 Å². The van der Waals surface area contributed by atoms with E-state index in [1.165, 1.54) is 4.90 Å². The molecule has 146 valence electrons. The molecular formula is C23H20N2O4. The Morgan fingerprint density at radius 3 is 2.52 bits per heavy atom. The summed E-state index contributed by atoms with van der Waals surface area (Å²) in [5, 5.41) is 0. The van der Waals surface area contributed by atoms with Gasteiger partial charge in [0.1, 0.15) is 5.75 Å². The summed E-state index contributed by atoms with van der Waals surface area (Å²) < 4.78 is 5.53. The minimum atomic E-state index is -0.505. The summed E-state index contributed by atoms with van der Waals surface area (Å²) in [5.41, 5.74) is 7.44. The third-order valence-electron chi connectivity index (χ3n) is 4.88. The summed E-state index contributed by atoms with van der Waals surface area (Å²) in [4.78, 5) is 31.3. The van der Waals surface area contributed by atoms with Gasteiger partial charge in [-0.3, -0.25) is 19.9 Å². The maximum atomic E-state index is 12.5. The number of methoxy groups -OCH3 is 1. The molecule has 6 nitrogen and oxygen atoms in total. The van der Waals surface area contributed by atoms with Crippen LogP contribution in [0.25, 0.3) is 11.1 Å². The quantitative estimate of drug-likeness (QED) is 0.509. The van der Waals surface area contributed by atoms with Crippen molar-refractivity contribution in [3.63, 3.8) is 0 Å². The smallest absolute Gasteiger partial charge is 0.299 e. The number of fused-ring (bicyclic) bond motifs is 1. The Hall–Kier alpha value is -3.64. The number of Topliss-reactive ketones (excluding diaryl/α,β-unsaturated/α-hetero) is 1. The fourth-order valence-corrected chi connectivity index (χ4v) is 3.53. The van der Waals surface area contributed by atoms with E-state index >= 15 is 0 Å². The highest BCUT2D eigenvalue weighted by Crippen LogP contribution is 2.34. The molecule has 3 aromatic rings. The first-order chi connectivity index (χ1) is 14.1. The van der Waals surface area contributed by atoms with Crippen LogP contribution in [0.15, 0.2) is 66.7 Å². The molecule has 3 aromatic carbocycles. The number of carbonyl (C=O) groups is 2. The van der Waals surface area contributed by atoms with Crippen LogP contribution in [0.3, 0.4) is 0 Å². The number of para-hydroxylation sites is 1. The molecule has 1 aliphatic rings. The SMILES string of the molecule is CONc1cccc(-c2cc(CN3C(=O)C(=O)c4ccccc43)ccc2OC)c1. The van der Waals surface area contributed by atoms with E-state index in [2.05, 4.69) is 5.48 Å². The molecule has 0 spiro atoms. The number of nitrogens with one attached hydrogen (secondary N) is 1. The first-order valence-electron chi connectivity index (χ1n) is 9.14. The van der Waals surface area contributed by atoms with Gasteiger partial charge in [-0.2, -0.15) is 0 Å². The van der Waals surface area contributed by atoms with E-state index in [-0.39, 0.29) is 0 Å². The van der Waals surface area contributed by atoms with E-state index in [0.29, 0.717) is 23.5 Å². The summed E-state index contributed by atoms with van der Waals surface area (Å²) in [6.07, 6.45) is 0. The number of amides is 1. The molecule has 4 rings (SSSR count). The van der Waals surface area contributed by atoms with Crippen molar-refractivity contribution in [1.29, 1.82) is 0 Å². The first-order valence-corrected chi connectivity index (χ1v) is 9.14. The lowest BCUT2D eigenvalue weighted by Gasteiger charge is -2.18. The van der Waals surface area contributed by atoms with Crippen LogP contribution in [-0.2, 0) is 16.2 Å². The highest BCUT2D eigenvalue weighted by Gasteiger charge is 2.35. The zero-order valence-corrected chi connectivity index (χ0v) is 16.1. The summed E-state index contributed by atoms with van der Waals surface area (Å²) in [7, 11) is 3.18. The third kappa shape index (κ3) is 3.46. The van der Waals surface area contributed by atoms with E-state index in [1.54, 1.807) is 32.4 Å². The van der Waals surface area contributed by atoms with Crippen LogP contribution in [0.2, 0.25) is 0 Å². The summed E-state index contributed by atoms with van der Waals surface area (Å²) in [6, 6.07) is 20.6. The minimum Gasteiger partial charge on any atom is -0.496 e. The van der Waals surface area contributed by atoms with E-state index in [9.17, 15) is 9.59 Å². The van der Waals surface area contributed by atoms with Crippen molar-refractivity contribution >= 4 is 23.1 Å². The van der Waals surface area contributed by atoms with Gasteiger partial charge in [0, 0.05) is 5.56 Å². The largest absolute Gasteiger partial charge is 0.496 e. The van der Waals surface area contributed by atoms with Gasteiger partial charge >= 0.3 is 0 Å². The zero-order valence-electron chi connectivity index (χ0n) is 16.1. The van der Waals surface area contributed by atoms with Gasteiger partial charge in [-0.25, -0.2) is 0 Å². The predicted octanol–water partition coefficient (Wildman–Crippen LogP) is 4.07. The molecule has 0 unspecified atom stereocenters. The fraction of sp³-hybridized carbons (Fsp3) is 0.130. The molecule has 0 fully saturated rings. The van der Waals surface area contributed by atoms with Crippen LogP contribution in [0.5, 0.6) is 5.75 Å². The number of ketones is 1. The van der Waals surface area contributed by atoms with Crippen molar-refractivity contribution in [2.45, 2.75) is 6.54 Å². The average Bonchev–Trinajstić information content (AvgIpc) is 2.99.